The van der Waals surface area contributed by atoms with E-state index in [4.69, 9.17) is 4.74 Å². The highest BCUT2D eigenvalue weighted by molar-refractivity contribution is 5.90. The molecule has 4 heterocycles. The van der Waals surface area contributed by atoms with E-state index in [0.29, 0.717) is 35.8 Å². The Bertz CT molecular complexity index is 1540. The van der Waals surface area contributed by atoms with Crippen LogP contribution < -0.4 is 10.6 Å². The lowest BCUT2D eigenvalue weighted by molar-refractivity contribution is -0.137. The normalized spacial score (nSPS) is 15.0. The second-order valence-electron chi connectivity index (χ2n) is 9.84. The van der Waals surface area contributed by atoms with Crippen LogP contribution in [0.5, 0.6) is 0 Å². The molecule has 4 aromatic rings. The number of halogens is 3. The maximum atomic E-state index is 13.1. The number of alkyl halides is 3. The lowest BCUT2D eigenvalue weighted by Crippen LogP contribution is -2.43. The van der Waals surface area contributed by atoms with Gasteiger partial charge in [-0.25, -0.2) is 14.3 Å². The Hall–Kier alpha value is -4.46. The molecule has 3 aromatic heterocycles. The number of anilines is 1. The molecular formula is C27H29F3N8O3. The predicted molar refractivity (Wildman–Crippen MR) is 144 cm³/mol. The van der Waals surface area contributed by atoms with Crippen molar-refractivity contribution in [2.24, 2.45) is 0 Å². The summed E-state index contributed by atoms with van der Waals surface area (Å²) >= 11 is 0. The van der Waals surface area contributed by atoms with E-state index in [1.807, 2.05) is 20.0 Å². The van der Waals surface area contributed by atoms with E-state index in [9.17, 15) is 22.8 Å². The Labute approximate surface area is 233 Å². The highest BCUT2D eigenvalue weighted by Gasteiger charge is 2.28. The van der Waals surface area contributed by atoms with Crippen molar-refractivity contribution >= 4 is 23.3 Å². The standard InChI is InChI=1S/C27H29F3N8O3/c1-17(25(39)36(2)22-6-8-41-9-7-22)37-15-20(13-33-37)19-11-24-31-14-23(38(24)34-12-19)18-4-3-5-21(10-18)35-26(40)32-16-27(28,29)30/h3-5,10-15,17,22H,6-9,16H2,1-2H3,(H2,32,35,40). The van der Waals surface area contributed by atoms with Crippen molar-refractivity contribution in [3.63, 3.8) is 0 Å². The first kappa shape index (κ1) is 28.1. The SMILES string of the molecule is CC(C(=O)N(C)C1CCOCC1)n1cc(-c2cnn3c(-c4cccc(NC(=O)NCC(F)(F)F)c4)cnc3c2)cn1. The fourth-order valence-corrected chi connectivity index (χ4v) is 4.70. The molecule has 216 valence electrons. The molecule has 1 aliphatic rings. The summed E-state index contributed by atoms with van der Waals surface area (Å²) in [6.07, 6.45) is 3.88. The molecule has 0 saturated carbocycles. The molecule has 0 spiro atoms. The number of carbonyl (C=O) groups excluding carboxylic acids is 2. The van der Waals surface area contributed by atoms with Gasteiger partial charge in [0.05, 0.1) is 24.3 Å². The van der Waals surface area contributed by atoms with E-state index in [0.717, 1.165) is 24.0 Å². The van der Waals surface area contributed by atoms with Crippen LogP contribution in [0.15, 0.2) is 55.1 Å². The Morgan fingerprint density at radius 2 is 1.85 bits per heavy atom. The summed E-state index contributed by atoms with van der Waals surface area (Å²) in [6, 6.07) is 7.16. The van der Waals surface area contributed by atoms with Crippen molar-refractivity contribution in [3.05, 3.63) is 55.1 Å². The molecule has 0 bridgehead atoms. The number of urea groups is 1. The van der Waals surface area contributed by atoms with E-state index in [1.54, 1.807) is 68.5 Å². The van der Waals surface area contributed by atoms with Gasteiger partial charge in [0.15, 0.2) is 5.65 Å². The fraction of sp³-hybridized carbons (Fsp3) is 0.370. The Kier molecular flexibility index (Phi) is 7.92. The third-order valence-electron chi connectivity index (χ3n) is 7.00. The van der Waals surface area contributed by atoms with Crippen LogP contribution in [0.1, 0.15) is 25.8 Å². The van der Waals surface area contributed by atoms with Crippen LogP contribution in [-0.2, 0) is 9.53 Å². The summed E-state index contributed by atoms with van der Waals surface area (Å²) in [7, 11) is 1.82. The van der Waals surface area contributed by atoms with Gasteiger partial charge in [0.1, 0.15) is 12.6 Å². The van der Waals surface area contributed by atoms with Gasteiger partial charge in [-0.05, 0) is 38.0 Å². The molecule has 5 rings (SSSR count). The molecule has 0 aliphatic carbocycles. The molecule has 1 fully saturated rings. The summed E-state index contributed by atoms with van der Waals surface area (Å²) in [4.78, 5) is 31.2. The van der Waals surface area contributed by atoms with Crippen molar-refractivity contribution in [2.45, 2.75) is 38.0 Å². The molecule has 1 unspecified atom stereocenters. The smallest absolute Gasteiger partial charge is 0.381 e. The molecule has 1 aromatic carbocycles. The van der Waals surface area contributed by atoms with Crippen molar-refractivity contribution < 1.29 is 27.5 Å². The third-order valence-corrected chi connectivity index (χ3v) is 7.00. The molecule has 11 nitrogen and oxygen atoms in total. The lowest BCUT2D eigenvalue weighted by atomic mass is 10.1. The zero-order chi connectivity index (χ0) is 29.1. The summed E-state index contributed by atoms with van der Waals surface area (Å²) in [6.45, 7) is 1.69. The average Bonchev–Trinajstić information content (AvgIpc) is 3.63. The second-order valence-corrected chi connectivity index (χ2v) is 9.84. The van der Waals surface area contributed by atoms with Gasteiger partial charge in [0.2, 0.25) is 5.91 Å². The molecule has 14 heteroatoms. The monoisotopic (exact) mass is 570 g/mol. The molecule has 0 radical (unpaired) electrons. The fourth-order valence-electron chi connectivity index (χ4n) is 4.70. The number of benzene rings is 1. The molecule has 41 heavy (non-hydrogen) atoms. The summed E-state index contributed by atoms with van der Waals surface area (Å²) in [5.41, 5.74) is 3.67. The van der Waals surface area contributed by atoms with Crippen LogP contribution in [-0.4, -0.2) is 80.2 Å². The minimum Gasteiger partial charge on any atom is -0.381 e. The first-order chi connectivity index (χ1) is 19.6. The number of aromatic nitrogens is 5. The van der Waals surface area contributed by atoms with E-state index in [-0.39, 0.29) is 11.9 Å². The van der Waals surface area contributed by atoms with E-state index in [1.165, 1.54) is 0 Å². The molecule has 1 aliphatic heterocycles. The molecule has 3 amide bonds. The number of ether oxygens (including phenoxy) is 1. The zero-order valence-electron chi connectivity index (χ0n) is 22.4. The minimum atomic E-state index is -4.50. The van der Waals surface area contributed by atoms with Gasteiger partial charge in [0, 0.05) is 54.9 Å². The lowest BCUT2D eigenvalue weighted by Gasteiger charge is -2.32. The summed E-state index contributed by atoms with van der Waals surface area (Å²) in [5, 5.41) is 13.1. The summed E-state index contributed by atoms with van der Waals surface area (Å²) in [5.74, 6) is -0.0208. The van der Waals surface area contributed by atoms with Crippen LogP contribution >= 0.6 is 0 Å². The first-order valence-corrected chi connectivity index (χ1v) is 13.0. The number of hydrogen-bond donors (Lipinski definition) is 2. The van der Waals surface area contributed by atoms with Gasteiger partial charge in [-0.3, -0.25) is 9.48 Å². The van der Waals surface area contributed by atoms with Crippen molar-refractivity contribution in [1.82, 2.24) is 34.6 Å². The van der Waals surface area contributed by atoms with Crippen LogP contribution in [0.3, 0.4) is 0 Å². The number of likely N-dealkylation sites (N-methyl/N-ethyl adjacent to an activating group) is 1. The summed E-state index contributed by atoms with van der Waals surface area (Å²) < 4.78 is 45.8. The number of nitrogens with zero attached hydrogens (tertiary/aromatic N) is 6. The predicted octanol–water partition coefficient (Wildman–Crippen LogP) is 4.14. The quantitative estimate of drug-likeness (QED) is 0.345. The van der Waals surface area contributed by atoms with Gasteiger partial charge < -0.3 is 20.3 Å². The van der Waals surface area contributed by atoms with E-state index in [2.05, 4.69) is 20.5 Å². The Morgan fingerprint density at radius 3 is 2.61 bits per heavy atom. The van der Waals surface area contributed by atoms with Crippen molar-refractivity contribution in [3.8, 4) is 22.4 Å². The van der Waals surface area contributed by atoms with Crippen LogP contribution in [0.25, 0.3) is 28.0 Å². The number of rotatable bonds is 7. The number of carbonyl (C=O) groups is 2. The highest BCUT2D eigenvalue weighted by Crippen LogP contribution is 2.27. The molecule has 1 saturated heterocycles. The number of hydrogen-bond acceptors (Lipinski definition) is 6. The Morgan fingerprint density at radius 1 is 1.10 bits per heavy atom. The molecule has 1 atom stereocenters. The zero-order valence-corrected chi connectivity index (χ0v) is 22.4. The Balaban J connectivity index is 1.30. The highest BCUT2D eigenvalue weighted by atomic mass is 19.4. The number of nitrogens with one attached hydrogen (secondary N) is 2. The average molecular weight is 571 g/mol. The number of fused-ring (bicyclic) bond motifs is 1. The van der Waals surface area contributed by atoms with E-state index >= 15 is 0 Å². The molecule has 2 N–H and O–H groups in total. The first-order valence-electron chi connectivity index (χ1n) is 13.0. The number of imidazole rings is 1. The van der Waals surface area contributed by atoms with Gasteiger partial charge >= 0.3 is 12.2 Å². The minimum absolute atomic E-state index is 0.0208. The van der Waals surface area contributed by atoms with Crippen LogP contribution in [0, 0.1) is 0 Å². The van der Waals surface area contributed by atoms with Crippen molar-refractivity contribution in [1.29, 1.82) is 0 Å². The number of amides is 3. The maximum Gasteiger partial charge on any atom is 0.405 e. The van der Waals surface area contributed by atoms with E-state index < -0.39 is 24.8 Å². The van der Waals surface area contributed by atoms with Gasteiger partial charge in [-0.15, -0.1) is 0 Å². The van der Waals surface area contributed by atoms with Crippen LogP contribution in [0.4, 0.5) is 23.7 Å². The maximum absolute atomic E-state index is 13.1. The van der Waals surface area contributed by atoms with Crippen molar-refractivity contribution in [2.75, 3.05) is 32.1 Å². The van der Waals surface area contributed by atoms with Gasteiger partial charge in [-0.1, -0.05) is 12.1 Å². The van der Waals surface area contributed by atoms with Gasteiger partial charge in [-0.2, -0.15) is 23.4 Å². The topological polar surface area (TPSA) is 119 Å². The van der Waals surface area contributed by atoms with Gasteiger partial charge in [0.25, 0.3) is 0 Å². The molecular weight excluding hydrogens is 541 g/mol. The largest absolute Gasteiger partial charge is 0.405 e. The second kappa shape index (κ2) is 11.6. The van der Waals surface area contributed by atoms with Crippen LogP contribution in [0.2, 0.25) is 0 Å². The third kappa shape index (κ3) is 6.48.